The maximum absolute atomic E-state index is 13.0. The van der Waals surface area contributed by atoms with E-state index in [-0.39, 0.29) is 5.82 Å². The summed E-state index contributed by atoms with van der Waals surface area (Å²) in [5, 5.41) is 12.4. The second-order valence-electron chi connectivity index (χ2n) is 4.76. The van der Waals surface area contributed by atoms with E-state index in [1.807, 2.05) is 6.92 Å². The van der Waals surface area contributed by atoms with Gasteiger partial charge in [0, 0.05) is 6.54 Å². The smallest absolute Gasteiger partial charge is 0.311 e. The van der Waals surface area contributed by atoms with Crippen LogP contribution in [-0.4, -0.2) is 24.2 Å². The highest BCUT2D eigenvalue weighted by Gasteiger charge is 2.41. The Kier molecular flexibility index (Phi) is 3.15. The van der Waals surface area contributed by atoms with Crippen molar-refractivity contribution in [1.82, 2.24) is 5.32 Å². The molecule has 1 fully saturated rings. The van der Waals surface area contributed by atoms with Crippen LogP contribution >= 0.6 is 0 Å². The van der Waals surface area contributed by atoms with Gasteiger partial charge in [-0.25, -0.2) is 4.39 Å². The van der Waals surface area contributed by atoms with E-state index in [0.717, 1.165) is 17.7 Å². The predicted octanol–water partition coefficient (Wildman–Crippen LogP) is 1.74. The summed E-state index contributed by atoms with van der Waals surface area (Å²) >= 11 is 0. The molecule has 1 saturated heterocycles. The number of rotatable bonds is 3. The quantitative estimate of drug-likeness (QED) is 0.842. The van der Waals surface area contributed by atoms with Crippen molar-refractivity contribution in [3.63, 3.8) is 0 Å². The Labute approximate surface area is 99.7 Å². The van der Waals surface area contributed by atoms with E-state index in [0.29, 0.717) is 19.4 Å². The average molecular weight is 237 g/mol. The average Bonchev–Trinajstić information content (AvgIpc) is 2.72. The number of nitrogens with one attached hydrogen (secondary N) is 1. The highest BCUT2D eigenvalue weighted by atomic mass is 19.1. The summed E-state index contributed by atoms with van der Waals surface area (Å²) in [7, 11) is 0. The molecular weight excluding hydrogens is 221 g/mol. The van der Waals surface area contributed by atoms with E-state index in [1.165, 1.54) is 12.1 Å². The first-order chi connectivity index (χ1) is 8.03. The van der Waals surface area contributed by atoms with Gasteiger partial charge in [-0.2, -0.15) is 0 Å². The lowest BCUT2D eigenvalue weighted by Crippen LogP contribution is -2.35. The molecule has 1 aliphatic rings. The number of benzene rings is 1. The molecule has 1 heterocycles. The van der Waals surface area contributed by atoms with Gasteiger partial charge in [-0.3, -0.25) is 4.79 Å². The van der Waals surface area contributed by atoms with E-state index in [9.17, 15) is 14.3 Å². The van der Waals surface area contributed by atoms with Crippen LogP contribution in [0.15, 0.2) is 18.2 Å². The van der Waals surface area contributed by atoms with Gasteiger partial charge in [0.25, 0.3) is 0 Å². The van der Waals surface area contributed by atoms with Gasteiger partial charge in [0.2, 0.25) is 0 Å². The van der Waals surface area contributed by atoms with Crippen molar-refractivity contribution in [3.05, 3.63) is 35.1 Å². The van der Waals surface area contributed by atoms with Crippen LogP contribution in [0, 0.1) is 18.2 Å². The molecule has 0 saturated carbocycles. The van der Waals surface area contributed by atoms with Crippen LogP contribution in [0.1, 0.15) is 17.5 Å². The number of carboxylic acids is 1. The zero-order chi connectivity index (χ0) is 12.5. The molecule has 1 atom stereocenters. The van der Waals surface area contributed by atoms with E-state index in [4.69, 9.17) is 0 Å². The Morgan fingerprint density at radius 1 is 1.59 bits per heavy atom. The predicted molar refractivity (Wildman–Crippen MR) is 62.4 cm³/mol. The number of hydrogen-bond donors (Lipinski definition) is 2. The molecule has 0 aliphatic carbocycles. The first kappa shape index (κ1) is 12.0. The van der Waals surface area contributed by atoms with Gasteiger partial charge >= 0.3 is 5.97 Å². The summed E-state index contributed by atoms with van der Waals surface area (Å²) in [5.74, 6) is -1.05. The van der Waals surface area contributed by atoms with Crippen LogP contribution in [0.3, 0.4) is 0 Å². The number of aryl methyl sites for hydroxylation is 1. The number of aliphatic carboxylic acids is 1. The van der Waals surface area contributed by atoms with E-state index < -0.39 is 11.4 Å². The molecule has 1 aromatic carbocycles. The molecule has 1 unspecified atom stereocenters. The van der Waals surface area contributed by atoms with Crippen LogP contribution in [0.4, 0.5) is 4.39 Å². The molecule has 2 rings (SSSR count). The zero-order valence-corrected chi connectivity index (χ0v) is 9.79. The van der Waals surface area contributed by atoms with Gasteiger partial charge in [-0.15, -0.1) is 0 Å². The summed E-state index contributed by atoms with van der Waals surface area (Å²) in [4.78, 5) is 11.4. The highest BCUT2D eigenvalue weighted by Crippen LogP contribution is 2.31. The molecule has 2 N–H and O–H groups in total. The third-order valence-electron chi connectivity index (χ3n) is 3.53. The van der Waals surface area contributed by atoms with Crippen molar-refractivity contribution in [2.24, 2.45) is 5.41 Å². The van der Waals surface area contributed by atoms with Crippen LogP contribution in [0.2, 0.25) is 0 Å². The van der Waals surface area contributed by atoms with Crippen LogP contribution < -0.4 is 5.32 Å². The number of halogens is 1. The van der Waals surface area contributed by atoms with Gasteiger partial charge in [0.1, 0.15) is 5.82 Å². The molecule has 17 heavy (non-hydrogen) atoms. The van der Waals surface area contributed by atoms with Crippen LogP contribution in [-0.2, 0) is 11.2 Å². The topological polar surface area (TPSA) is 49.3 Å². The molecule has 0 aromatic heterocycles. The third kappa shape index (κ3) is 2.31. The van der Waals surface area contributed by atoms with Gasteiger partial charge in [0.05, 0.1) is 5.41 Å². The van der Waals surface area contributed by atoms with Crippen molar-refractivity contribution in [2.75, 3.05) is 13.1 Å². The Bertz CT molecular complexity index is 439. The monoisotopic (exact) mass is 237 g/mol. The van der Waals surface area contributed by atoms with Crippen molar-refractivity contribution in [2.45, 2.75) is 19.8 Å². The first-order valence-corrected chi connectivity index (χ1v) is 5.73. The van der Waals surface area contributed by atoms with Gasteiger partial charge < -0.3 is 10.4 Å². The first-order valence-electron chi connectivity index (χ1n) is 5.73. The minimum atomic E-state index is -0.772. The molecule has 3 nitrogen and oxygen atoms in total. The minimum absolute atomic E-state index is 0.278. The summed E-state index contributed by atoms with van der Waals surface area (Å²) in [6.45, 7) is 3.03. The second kappa shape index (κ2) is 4.45. The highest BCUT2D eigenvalue weighted by molar-refractivity contribution is 5.76. The fourth-order valence-electron chi connectivity index (χ4n) is 2.37. The molecule has 1 aromatic rings. The number of carbonyl (C=O) groups is 1. The molecule has 0 amide bonds. The molecule has 92 valence electrons. The molecule has 0 spiro atoms. The maximum atomic E-state index is 13.0. The third-order valence-corrected chi connectivity index (χ3v) is 3.53. The van der Waals surface area contributed by atoms with Gasteiger partial charge in [0.15, 0.2) is 0 Å². The van der Waals surface area contributed by atoms with Crippen molar-refractivity contribution in [1.29, 1.82) is 0 Å². The Morgan fingerprint density at radius 3 is 2.88 bits per heavy atom. The summed E-state index contributed by atoms with van der Waals surface area (Å²) < 4.78 is 13.0. The lowest BCUT2D eigenvalue weighted by atomic mass is 9.80. The van der Waals surface area contributed by atoms with Crippen LogP contribution in [0.25, 0.3) is 0 Å². The largest absolute Gasteiger partial charge is 0.481 e. The summed E-state index contributed by atoms with van der Waals surface area (Å²) in [6, 6.07) is 4.53. The molecular formula is C13H16FNO2. The maximum Gasteiger partial charge on any atom is 0.311 e. The Hall–Kier alpha value is -1.42. The SMILES string of the molecule is Cc1cc(F)ccc1CC1(C(=O)O)CCNC1. The Balaban J connectivity index is 2.26. The van der Waals surface area contributed by atoms with Crippen molar-refractivity contribution < 1.29 is 14.3 Å². The molecule has 4 heteroatoms. The normalized spacial score (nSPS) is 23.9. The standard InChI is InChI=1S/C13H16FNO2/c1-9-6-11(14)3-2-10(9)7-13(12(16)17)4-5-15-8-13/h2-3,6,15H,4-5,7-8H2,1H3,(H,16,17). The van der Waals surface area contributed by atoms with Crippen molar-refractivity contribution in [3.8, 4) is 0 Å². The number of hydrogen-bond acceptors (Lipinski definition) is 2. The lowest BCUT2D eigenvalue weighted by Gasteiger charge is -2.23. The van der Waals surface area contributed by atoms with E-state index in [2.05, 4.69) is 5.32 Å². The summed E-state index contributed by atoms with van der Waals surface area (Å²) in [6.07, 6.45) is 1.08. The van der Waals surface area contributed by atoms with Crippen LogP contribution in [0.5, 0.6) is 0 Å². The van der Waals surface area contributed by atoms with Crippen molar-refractivity contribution >= 4 is 5.97 Å². The van der Waals surface area contributed by atoms with Gasteiger partial charge in [-0.1, -0.05) is 6.07 Å². The fourth-order valence-corrected chi connectivity index (χ4v) is 2.37. The van der Waals surface area contributed by atoms with E-state index in [1.54, 1.807) is 6.07 Å². The van der Waals surface area contributed by atoms with E-state index >= 15 is 0 Å². The molecule has 0 radical (unpaired) electrons. The zero-order valence-electron chi connectivity index (χ0n) is 9.79. The molecule has 1 aliphatic heterocycles. The number of carboxylic acid groups (broad SMARTS) is 1. The minimum Gasteiger partial charge on any atom is -0.481 e. The summed E-state index contributed by atoms with van der Waals surface area (Å²) in [5.41, 5.74) is 0.998. The Morgan fingerprint density at radius 2 is 2.35 bits per heavy atom. The lowest BCUT2D eigenvalue weighted by molar-refractivity contribution is -0.147. The fraction of sp³-hybridized carbons (Fsp3) is 0.462. The molecule has 0 bridgehead atoms. The second-order valence-corrected chi connectivity index (χ2v) is 4.76. The van der Waals surface area contributed by atoms with Gasteiger partial charge in [-0.05, 0) is 49.6 Å².